The van der Waals surface area contributed by atoms with Crippen molar-refractivity contribution in [2.75, 3.05) is 17.2 Å². The first kappa shape index (κ1) is 16.0. The zero-order valence-corrected chi connectivity index (χ0v) is 14.4. The van der Waals surface area contributed by atoms with Gasteiger partial charge in [-0.2, -0.15) is 4.57 Å². The molecule has 6 N–H and O–H groups in total. The first-order valence-corrected chi connectivity index (χ1v) is 8.49. The van der Waals surface area contributed by atoms with Gasteiger partial charge in [-0.3, -0.25) is 0 Å². The molecule has 0 spiro atoms. The average Bonchev–Trinajstić information content (AvgIpc) is 2.63. The number of rotatable bonds is 3. The number of nitrogens with zero attached hydrogens (tertiary/aromatic N) is 1. The normalized spacial score (nSPS) is 11.1. The predicted molar refractivity (Wildman–Crippen MR) is 111 cm³/mol. The Morgan fingerprint density at radius 1 is 0.731 bits per heavy atom. The fraction of sp³-hybridized carbons (Fsp3) is 0.0455. The van der Waals surface area contributed by atoms with Gasteiger partial charge in [0.2, 0.25) is 11.2 Å². The van der Waals surface area contributed by atoms with Gasteiger partial charge in [-0.25, -0.2) is 0 Å². The van der Waals surface area contributed by atoms with Crippen LogP contribution in [0.2, 0.25) is 0 Å². The number of nitrogens with two attached hydrogens (primary N) is 3. The summed E-state index contributed by atoms with van der Waals surface area (Å²) in [5.41, 5.74) is 23.5. The molecule has 26 heavy (non-hydrogen) atoms. The molecule has 3 aromatic carbocycles. The van der Waals surface area contributed by atoms with Crippen LogP contribution in [-0.4, -0.2) is 0 Å². The smallest absolute Gasteiger partial charge is 0.221 e. The summed E-state index contributed by atoms with van der Waals surface area (Å²) in [5, 5.41) is 3.37. The van der Waals surface area contributed by atoms with Crippen LogP contribution in [0.3, 0.4) is 0 Å². The van der Waals surface area contributed by atoms with Crippen molar-refractivity contribution >= 4 is 38.7 Å². The van der Waals surface area contributed by atoms with E-state index in [0.717, 1.165) is 50.0 Å². The van der Waals surface area contributed by atoms with E-state index in [1.54, 1.807) is 0 Å². The van der Waals surface area contributed by atoms with Gasteiger partial charge >= 0.3 is 0 Å². The second-order valence-electron chi connectivity index (χ2n) is 6.45. The molecule has 0 radical (unpaired) electrons. The van der Waals surface area contributed by atoms with E-state index in [1.807, 2.05) is 54.6 Å². The van der Waals surface area contributed by atoms with Crippen molar-refractivity contribution < 1.29 is 4.57 Å². The minimum atomic E-state index is 0.657. The van der Waals surface area contributed by atoms with Crippen molar-refractivity contribution in [3.8, 4) is 11.3 Å². The lowest BCUT2D eigenvalue weighted by Gasteiger charge is -2.12. The molecule has 0 saturated heterocycles. The molecule has 128 valence electrons. The number of aromatic nitrogens is 1. The van der Waals surface area contributed by atoms with E-state index >= 15 is 0 Å². The first-order chi connectivity index (χ1) is 12.6. The van der Waals surface area contributed by atoms with Gasteiger partial charge in [0.05, 0.1) is 10.8 Å². The van der Waals surface area contributed by atoms with Crippen molar-refractivity contribution in [2.45, 2.75) is 6.54 Å². The zero-order chi connectivity index (χ0) is 18.3. The van der Waals surface area contributed by atoms with Crippen LogP contribution >= 0.6 is 0 Å². The molecule has 4 nitrogen and oxygen atoms in total. The third kappa shape index (κ3) is 2.52. The van der Waals surface area contributed by atoms with Gasteiger partial charge in [0.1, 0.15) is 0 Å². The number of fused-ring (bicyclic) bond motifs is 3. The second-order valence-corrected chi connectivity index (χ2v) is 6.45. The molecule has 0 fully saturated rings. The molecule has 0 saturated carbocycles. The highest BCUT2D eigenvalue weighted by Crippen LogP contribution is 2.33. The van der Waals surface area contributed by atoms with Gasteiger partial charge in [-0.15, -0.1) is 0 Å². The number of benzene rings is 3. The maximum absolute atomic E-state index is 6.12. The van der Waals surface area contributed by atoms with Crippen LogP contribution in [-0.2, 0) is 6.54 Å². The summed E-state index contributed by atoms with van der Waals surface area (Å²) >= 11 is 0. The molecule has 0 aliphatic carbocycles. The molecule has 0 bridgehead atoms. The van der Waals surface area contributed by atoms with Crippen LogP contribution in [0.5, 0.6) is 0 Å². The van der Waals surface area contributed by atoms with E-state index in [0.29, 0.717) is 6.54 Å². The molecule has 4 rings (SSSR count). The monoisotopic (exact) mass is 341 g/mol. The largest absolute Gasteiger partial charge is 0.399 e. The van der Waals surface area contributed by atoms with Gasteiger partial charge in [0, 0.05) is 34.1 Å². The SMILES string of the molecule is C=CC[n+]1c(-c2ccc(N)cc2)c2cc(N)ccc2c2ccc(N)cc21. The van der Waals surface area contributed by atoms with Crippen molar-refractivity contribution in [3.05, 3.63) is 73.3 Å². The lowest BCUT2D eigenvalue weighted by Crippen LogP contribution is -2.37. The summed E-state index contributed by atoms with van der Waals surface area (Å²) in [4.78, 5) is 0. The van der Waals surface area contributed by atoms with Gasteiger partial charge in [0.15, 0.2) is 6.54 Å². The van der Waals surface area contributed by atoms with Crippen LogP contribution in [0, 0.1) is 0 Å². The zero-order valence-electron chi connectivity index (χ0n) is 14.4. The summed E-state index contributed by atoms with van der Waals surface area (Å²) in [5.74, 6) is 0. The Kier molecular flexibility index (Phi) is 3.73. The minimum Gasteiger partial charge on any atom is -0.399 e. The van der Waals surface area contributed by atoms with Crippen molar-refractivity contribution in [1.82, 2.24) is 0 Å². The number of pyridine rings is 1. The molecule has 0 aliphatic rings. The molecule has 1 aromatic heterocycles. The van der Waals surface area contributed by atoms with Crippen LogP contribution in [0.1, 0.15) is 0 Å². The summed E-state index contributed by atoms with van der Waals surface area (Å²) in [6.07, 6.45) is 1.89. The standard InChI is InChI=1S/C22H20N4/c1-2-11-26-21-13-17(25)8-10-19(21)18-9-7-16(24)12-20(18)22(26)14-3-5-15(23)6-4-14/h2-10,12-13H,1,11,24H2,(H3,23,25)/p+1. The van der Waals surface area contributed by atoms with Crippen LogP contribution in [0.15, 0.2) is 73.3 Å². The molecule has 4 heteroatoms. The van der Waals surface area contributed by atoms with E-state index in [9.17, 15) is 0 Å². The first-order valence-electron chi connectivity index (χ1n) is 8.49. The maximum atomic E-state index is 6.12. The number of hydrogen-bond acceptors (Lipinski definition) is 3. The van der Waals surface area contributed by atoms with Gasteiger partial charge < -0.3 is 17.2 Å². The molecule has 0 amide bonds. The van der Waals surface area contributed by atoms with E-state index < -0.39 is 0 Å². The summed E-state index contributed by atoms with van der Waals surface area (Å²) in [6.45, 7) is 4.59. The summed E-state index contributed by atoms with van der Waals surface area (Å²) in [6, 6.07) is 19.9. The number of nitrogen functional groups attached to an aromatic ring is 3. The molecular formula is C22H21N4+. The van der Waals surface area contributed by atoms with Crippen molar-refractivity contribution in [3.63, 3.8) is 0 Å². The highest BCUT2D eigenvalue weighted by Gasteiger charge is 2.22. The third-order valence-corrected chi connectivity index (χ3v) is 4.67. The van der Waals surface area contributed by atoms with E-state index in [4.69, 9.17) is 17.2 Å². The van der Waals surface area contributed by atoms with E-state index in [2.05, 4.69) is 23.3 Å². The third-order valence-electron chi connectivity index (χ3n) is 4.67. The Balaban J connectivity index is 2.24. The fourth-order valence-corrected chi connectivity index (χ4v) is 3.53. The number of allylic oxidation sites excluding steroid dienone is 1. The molecule has 0 aliphatic heterocycles. The molecule has 4 aromatic rings. The highest BCUT2D eigenvalue weighted by atomic mass is 15.0. The van der Waals surface area contributed by atoms with Crippen molar-refractivity contribution in [2.24, 2.45) is 0 Å². The van der Waals surface area contributed by atoms with E-state index in [1.165, 1.54) is 0 Å². The number of hydrogen-bond donors (Lipinski definition) is 3. The Bertz CT molecular complexity index is 1140. The molecule has 0 unspecified atom stereocenters. The topological polar surface area (TPSA) is 81.9 Å². The molecular weight excluding hydrogens is 320 g/mol. The van der Waals surface area contributed by atoms with Crippen molar-refractivity contribution in [1.29, 1.82) is 0 Å². The molecule has 1 heterocycles. The average molecular weight is 341 g/mol. The lowest BCUT2D eigenvalue weighted by atomic mass is 9.98. The summed E-state index contributed by atoms with van der Waals surface area (Å²) < 4.78 is 2.23. The maximum Gasteiger partial charge on any atom is 0.221 e. The Hall–Kier alpha value is -3.53. The van der Waals surface area contributed by atoms with Gasteiger partial charge in [-0.05, 0) is 54.6 Å². The lowest BCUT2D eigenvalue weighted by molar-refractivity contribution is -0.648. The van der Waals surface area contributed by atoms with Crippen LogP contribution < -0.4 is 21.8 Å². The fourth-order valence-electron chi connectivity index (χ4n) is 3.53. The molecule has 0 atom stereocenters. The van der Waals surface area contributed by atoms with Gasteiger partial charge in [-0.1, -0.05) is 12.6 Å². The summed E-state index contributed by atoms with van der Waals surface area (Å²) in [7, 11) is 0. The number of anilines is 3. The quantitative estimate of drug-likeness (QED) is 0.229. The minimum absolute atomic E-state index is 0.657. The second kappa shape index (κ2) is 6.08. The van der Waals surface area contributed by atoms with Crippen LogP contribution in [0.4, 0.5) is 17.1 Å². The van der Waals surface area contributed by atoms with Gasteiger partial charge in [0.25, 0.3) is 0 Å². The Labute approximate surface area is 152 Å². The predicted octanol–water partition coefficient (Wildman–Crippen LogP) is 3.88. The van der Waals surface area contributed by atoms with Crippen LogP contribution in [0.25, 0.3) is 32.9 Å². The Morgan fingerprint density at radius 2 is 1.35 bits per heavy atom. The van der Waals surface area contributed by atoms with E-state index in [-0.39, 0.29) is 0 Å². The highest BCUT2D eigenvalue weighted by molar-refractivity contribution is 6.10. The Morgan fingerprint density at radius 3 is 2.04 bits per heavy atom.